The van der Waals surface area contributed by atoms with E-state index in [9.17, 15) is 9.59 Å². The predicted molar refractivity (Wildman–Crippen MR) is 70.6 cm³/mol. The standard InChI is InChI=1S/C14H20N2O3/c1-10-4-2-3-5-12(10)16-13(17)8-15-14(18)11-6-7-19-9-11/h6-7,9-10,12H,2-5,8H2,1H3,(H,15,18)(H,16,17)/t10-,12+/m1/s1. The molecule has 19 heavy (non-hydrogen) atoms. The largest absolute Gasteiger partial charge is 0.472 e. The summed E-state index contributed by atoms with van der Waals surface area (Å²) in [6.45, 7) is 2.17. The molecule has 0 aromatic carbocycles. The second kappa shape index (κ2) is 6.41. The molecular formula is C14H20N2O3. The number of carbonyl (C=O) groups is 2. The summed E-state index contributed by atoms with van der Waals surface area (Å²) in [5, 5.41) is 5.57. The van der Waals surface area contributed by atoms with Crippen LogP contribution in [0.25, 0.3) is 0 Å². The Morgan fingerprint density at radius 1 is 1.37 bits per heavy atom. The zero-order valence-corrected chi connectivity index (χ0v) is 11.1. The van der Waals surface area contributed by atoms with Gasteiger partial charge in [0.15, 0.2) is 0 Å². The van der Waals surface area contributed by atoms with E-state index in [1.54, 1.807) is 6.07 Å². The molecule has 2 N–H and O–H groups in total. The van der Waals surface area contributed by atoms with Gasteiger partial charge in [-0.15, -0.1) is 0 Å². The molecule has 0 bridgehead atoms. The Morgan fingerprint density at radius 3 is 2.84 bits per heavy atom. The number of rotatable bonds is 4. The molecule has 2 rings (SSSR count). The minimum absolute atomic E-state index is 0.00718. The van der Waals surface area contributed by atoms with Gasteiger partial charge in [-0.1, -0.05) is 19.8 Å². The monoisotopic (exact) mass is 264 g/mol. The van der Waals surface area contributed by atoms with Gasteiger partial charge in [-0.3, -0.25) is 9.59 Å². The first-order valence-corrected chi connectivity index (χ1v) is 6.76. The van der Waals surface area contributed by atoms with Crippen LogP contribution in [-0.4, -0.2) is 24.4 Å². The summed E-state index contributed by atoms with van der Waals surface area (Å²) in [6.07, 6.45) is 7.38. The highest BCUT2D eigenvalue weighted by Gasteiger charge is 2.22. The van der Waals surface area contributed by atoms with Crippen molar-refractivity contribution in [1.29, 1.82) is 0 Å². The smallest absolute Gasteiger partial charge is 0.254 e. The highest BCUT2D eigenvalue weighted by atomic mass is 16.3. The average molecular weight is 264 g/mol. The molecule has 2 amide bonds. The highest BCUT2D eigenvalue weighted by Crippen LogP contribution is 2.23. The topological polar surface area (TPSA) is 71.3 Å². The number of carbonyl (C=O) groups excluding carboxylic acids is 2. The van der Waals surface area contributed by atoms with Gasteiger partial charge in [0, 0.05) is 6.04 Å². The predicted octanol–water partition coefficient (Wildman–Crippen LogP) is 1.70. The molecular weight excluding hydrogens is 244 g/mol. The zero-order chi connectivity index (χ0) is 13.7. The van der Waals surface area contributed by atoms with E-state index in [-0.39, 0.29) is 24.4 Å². The van der Waals surface area contributed by atoms with Crippen LogP contribution in [0.4, 0.5) is 0 Å². The molecule has 1 aromatic rings. The van der Waals surface area contributed by atoms with E-state index in [0.29, 0.717) is 11.5 Å². The van der Waals surface area contributed by atoms with Gasteiger partial charge in [0.05, 0.1) is 18.4 Å². The highest BCUT2D eigenvalue weighted by molar-refractivity contribution is 5.96. The Bertz CT molecular complexity index is 428. The summed E-state index contributed by atoms with van der Waals surface area (Å²) in [4.78, 5) is 23.4. The summed E-state index contributed by atoms with van der Waals surface area (Å²) >= 11 is 0. The van der Waals surface area contributed by atoms with Gasteiger partial charge in [0.2, 0.25) is 5.91 Å². The maximum Gasteiger partial charge on any atom is 0.254 e. The van der Waals surface area contributed by atoms with Gasteiger partial charge < -0.3 is 15.1 Å². The average Bonchev–Trinajstić information content (AvgIpc) is 2.93. The first kappa shape index (κ1) is 13.6. The molecule has 104 valence electrons. The minimum Gasteiger partial charge on any atom is -0.472 e. The van der Waals surface area contributed by atoms with Gasteiger partial charge in [-0.25, -0.2) is 0 Å². The molecule has 1 heterocycles. The van der Waals surface area contributed by atoms with Crippen LogP contribution in [0.3, 0.4) is 0 Å². The van der Waals surface area contributed by atoms with Crippen molar-refractivity contribution < 1.29 is 14.0 Å². The van der Waals surface area contributed by atoms with Crippen molar-refractivity contribution in [2.45, 2.75) is 38.6 Å². The summed E-state index contributed by atoms with van der Waals surface area (Å²) in [7, 11) is 0. The normalized spacial score (nSPS) is 22.8. The fourth-order valence-corrected chi connectivity index (χ4v) is 2.44. The van der Waals surface area contributed by atoms with Crippen LogP contribution in [-0.2, 0) is 4.79 Å². The first-order valence-electron chi connectivity index (χ1n) is 6.76. The SMILES string of the molecule is C[C@@H]1CCCC[C@@H]1NC(=O)CNC(=O)c1ccoc1. The summed E-state index contributed by atoms with van der Waals surface area (Å²) in [5.41, 5.74) is 0.429. The number of hydrogen-bond donors (Lipinski definition) is 2. The molecule has 0 aliphatic heterocycles. The minimum atomic E-state index is -0.291. The quantitative estimate of drug-likeness (QED) is 0.869. The molecule has 1 aromatic heterocycles. The van der Waals surface area contributed by atoms with Crippen LogP contribution < -0.4 is 10.6 Å². The molecule has 0 spiro atoms. The molecule has 0 unspecified atom stereocenters. The van der Waals surface area contributed by atoms with Gasteiger partial charge in [0.25, 0.3) is 5.91 Å². The van der Waals surface area contributed by atoms with E-state index in [4.69, 9.17) is 4.42 Å². The lowest BCUT2D eigenvalue weighted by Crippen LogP contribution is -2.45. The Labute approximate surface area is 112 Å². The van der Waals surface area contributed by atoms with Crippen LogP contribution in [0.15, 0.2) is 23.0 Å². The van der Waals surface area contributed by atoms with E-state index in [2.05, 4.69) is 17.6 Å². The Kier molecular flexibility index (Phi) is 4.60. The van der Waals surface area contributed by atoms with Gasteiger partial charge in [-0.2, -0.15) is 0 Å². The second-order valence-electron chi connectivity index (χ2n) is 5.13. The van der Waals surface area contributed by atoms with Gasteiger partial charge in [0.1, 0.15) is 6.26 Å². The number of nitrogens with one attached hydrogen (secondary N) is 2. The lowest BCUT2D eigenvalue weighted by molar-refractivity contribution is -0.121. The number of amides is 2. The summed E-state index contributed by atoms with van der Waals surface area (Å²) in [5.74, 6) is 0.0958. The number of furan rings is 1. The lowest BCUT2D eigenvalue weighted by Gasteiger charge is -2.29. The van der Waals surface area contributed by atoms with Crippen molar-refractivity contribution in [3.05, 3.63) is 24.2 Å². The Morgan fingerprint density at radius 2 is 2.16 bits per heavy atom. The van der Waals surface area contributed by atoms with Crippen molar-refractivity contribution >= 4 is 11.8 Å². The van der Waals surface area contributed by atoms with Crippen molar-refractivity contribution in [3.63, 3.8) is 0 Å². The molecule has 5 heteroatoms. The molecule has 1 fully saturated rings. The van der Waals surface area contributed by atoms with Crippen LogP contribution in [0.2, 0.25) is 0 Å². The van der Waals surface area contributed by atoms with Crippen LogP contribution in [0.1, 0.15) is 43.0 Å². The van der Waals surface area contributed by atoms with Gasteiger partial charge in [-0.05, 0) is 24.8 Å². The van der Waals surface area contributed by atoms with Crippen LogP contribution in [0, 0.1) is 5.92 Å². The van der Waals surface area contributed by atoms with Crippen LogP contribution >= 0.6 is 0 Å². The molecule has 1 aliphatic rings. The van der Waals surface area contributed by atoms with Crippen LogP contribution in [0.5, 0.6) is 0 Å². The van der Waals surface area contributed by atoms with Crippen molar-refractivity contribution in [1.82, 2.24) is 10.6 Å². The molecule has 5 nitrogen and oxygen atoms in total. The molecule has 1 saturated carbocycles. The zero-order valence-electron chi connectivity index (χ0n) is 11.1. The Balaban J connectivity index is 1.74. The second-order valence-corrected chi connectivity index (χ2v) is 5.13. The van der Waals surface area contributed by atoms with E-state index >= 15 is 0 Å². The maximum absolute atomic E-state index is 11.8. The van der Waals surface area contributed by atoms with Crippen molar-refractivity contribution in [2.75, 3.05) is 6.54 Å². The molecule has 0 saturated heterocycles. The summed E-state index contributed by atoms with van der Waals surface area (Å²) in [6, 6.07) is 1.81. The van der Waals surface area contributed by atoms with Crippen molar-refractivity contribution in [2.24, 2.45) is 5.92 Å². The third-order valence-electron chi connectivity index (χ3n) is 3.65. The molecule has 0 radical (unpaired) electrons. The van der Waals surface area contributed by atoms with E-state index < -0.39 is 0 Å². The third-order valence-corrected chi connectivity index (χ3v) is 3.65. The fourth-order valence-electron chi connectivity index (χ4n) is 2.44. The van der Waals surface area contributed by atoms with E-state index in [0.717, 1.165) is 19.3 Å². The Hall–Kier alpha value is -1.78. The van der Waals surface area contributed by atoms with Crippen molar-refractivity contribution in [3.8, 4) is 0 Å². The lowest BCUT2D eigenvalue weighted by atomic mass is 9.86. The molecule has 2 atom stereocenters. The van der Waals surface area contributed by atoms with Gasteiger partial charge >= 0.3 is 0 Å². The summed E-state index contributed by atoms with van der Waals surface area (Å²) < 4.78 is 4.82. The molecule has 1 aliphatic carbocycles. The first-order chi connectivity index (χ1) is 9.16. The maximum atomic E-state index is 11.8. The fraction of sp³-hybridized carbons (Fsp3) is 0.571. The van der Waals surface area contributed by atoms with E-state index in [1.807, 2.05) is 0 Å². The number of hydrogen-bond acceptors (Lipinski definition) is 3. The van der Waals surface area contributed by atoms with E-state index in [1.165, 1.54) is 18.9 Å². The third kappa shape index (κ3) is 3.84.